The maximum absolute atomic E-state index is 13.4. The predicted octanol–water partition coefficient (Wildman–Crippen LogP) is 5.44. The Bertz CT molecular complexity index is 1570. The van der Waals surface area contributed by atoms with E-state index in [0.29, 0.717) is 28.5 Å². The first-order chi connectivity index (χ1) is 18.7. The maximum atomic E-state index is 13.4. The molecule has 0 aliphatic carbocycles. The number of aliphatic hydroxyl groups is 1. The first-order valence-electron chi connectivity index (χ1n) is 12.6. The molecule has 0 amide bonds. The number of alkyl halides is 2. The summed E-state index contributed by atoms with van der Waals surface area (Å²) in [6.07, 6.45) is 3.81. The molecule has 4 heterocycles. The third-order valence-corrected chi connectivity index (χ3v) is 8.47. The molecule has 2 aliphatic rings. The van der Waals surface area contributed by atoms with Crippen LogP contribution in [0.1, 0.15) is 56.4 Å². The molecule has 0 saturated heterocycles. The van der Waals surface area contributed by atoms with Gasteiger partial charge in [0.05, 0.1) is 23.7 Å². The molecule has 2 bridgehead atoms. The highest BCUT2D eigenvalue weighted by molar-refractivity contribution is 8.00. The summed E-state index contributed by atoms with van der Waals surface area (Å²) < 4.78 is 39.3. The van der Waals surface area contributed by atoms with Gasteiger partial charge in [0, 0.05) is 34.3 Å². The van der Waals surface area contributed by atoms with E-state index in [1.54, 1.807) is 39.2 Å². The smallest absolute Gasteiger partial charge is 0.387 e. The zero-order valence-corrected chi connectivity index (χ0v) is 22.3. The summed E-state index contributed by atoms with van der Waals surface area (Å²) in [5.74, 6) is 0.475. The number of ether oxygens (including phenoxy) is 2. The topological polar surface area (TPSA) is 99.4 Å². The van der Waals surface area contributed by atoms with E-state index in [-0.39, 0.29) is 30.3 Å². The number of esters is 1. The summed E-state index contributed by atoms with van der Waals surface area (Å²) in [5, 5.41) is 9.62. The molecule has 1 N–H and O–H groups in total. The van der Waals surface area contributed by atoms with E-state index in [1.165, 1.54) is 17.8 Å². The molecule has 0 saturated carbocycles. The number of carbonyl (C=O) groups excluding carboxylic acids is 1. The van der Waals surface area contributed by atoms with Crippen molar-refractivity contribution in [2.24, 2.45) is 0 Å². The SMILES string of the molecule is CCOC(=O)C1Sc2cccc(OC(F)F)c2[C@H]2C[C@H]1c1nc3ccc(-c4cnc(C(C)(C)O)nc4)cc3n12. The van der Waals surface area contributed by atoms with Crippen molar-refractivity contribution in [2.45, 2.75) is 61.5 Å². The van der Waals surface area contributed by atoms with E-state index in [4.69, 9.17) is 14.5 Å². The molecule has 2 aromatic heterocycles. The van der Waals surface area contributed by atoms with Crippen LogP contribution in [0.2, 0.25) is 0 Å². The molecule has 2 aromatic carbocycles. The summed E-state index contributed by atoms with van der Waals surface area (Å²) in [5.41, 5.74) is 2.56. The van der Waals surface area contributed by atoms with Crippen LogP contribution in [-0.4, -0.2) is 49.1 Å². The van der Waals surface area contributed by atoms with Gasteiger partial charge in [0.15, 0.2) is 5.82 Å². The number of thioether (sulfide) groups is 1. The van der Waals surface area contributed by atoms with E-state index in [9.17, 15) is 18.7 Å². The Morgan fingerprint density at radius 1 is 1.21 bits per heavy atom. The van der Waals surface area contributed by atoms with Crippen molar-refractivity contribution in [3.63, 3.8) is 0 Å². The van der Waals surface area contributed by atoms with Crippen LogP contribution in [-0.2, 0) is 15.1 Å². The maximum Gasteiger partial charge on any atom is 0.387 e. The molecular weight excluding hydrogens is 526 g/mol. The Morgan fingerprint density at radius 3 is 2.67 bits per heavy atom. The van der Waals surface area contributed by atoms with Gasteiger partial charge in [-0.3, -0.25) is 4.79 Å². The second-order valence-corrected chi connectivity index (χ2v) is 11.3. The lowest BCUT2D eigenvalue weighted by molar-refractivity contribution is -0.142. The summed E-state index contributed by atoms with van der Waals surface area (Å²) in [6, 6.07) is 10.4. The Hall–Kier alpha value is -3.57. The summed E-state index contributed by atoms with van der Waals surface area (Å²) in [7, 11) is 0. The Balaban J connectivity index is 1.52. The van der Waals surface area contributed by atoms with Crippen molar-refractivity contribution in [3.8, 4) is 16.9 Å². The number of halogens is 2. The third kappa shape index (κ3) is 4.43. The van der Waals surface area contributed by atoms with Crippen molar-refractivity contribution in [1.82, 2.24) is 19.5 Å². The van der Waals surface area contributed by atoms with Gasteiger partial charge in [0.25, 0.3) is 0 Å². The highest BCUT2D eigenvalue weighted by Gasteiger charge is 2.47. The molecule has 0 radical (unpaired) electrons. The zero-order chi connectivity index (χ0) is 27.5. The molecule has 8 nitrogen and oxygen atoms in total. The molecule has 0 spiro atoms. The molecule has 0 fully saturated rings. The first kappa shape index (κ1) is 25.7. The summed E-state index contributed by atoms with van der Waals surface area (Å²) in [4.78, 5) is 27.4. The highest BCUT2D eigenvalue weighted by Crippen LogP contribution is 2.55. The monoisotopic (exact) mass is 552 g/mol. The Morgan fingerprint density at radius 2 is 1.97 bits per heavy atom. The molecule has 6 rings (SSSR count). The van der Waals surface area contributed by atoms with E-state index in [1.807, 2.05) is 28.8 Å². The number of benzene rings is 2. The van der Waals surface area contributed by atoms with Crippen molar-refractivity contribution in [2.75, 3.05) is 6.61 Å². The van der Waals surface area contributed by atoms with E-state index in [0.717, 1.165) is 22.2 Å². The van der Waals surface area contributed by atoms with Gasteiger partial charge >= 0.3 is 12.6 Å². The van der Waals surface area contributed by atoms with Gasteiger partial charge < -0.3 is 19.1 Å². The van der Waals surface area contributed by atoms with Gasteiger partial charge in [-0.25, -0.2) is 15.0 Å². The van der Waals surface area contributed by atoms with Crippen molar-refractivity contribution >= 4 is 28.8 Å². The predicted molar refractivity (Wildman–Crippen MR) is 141 cm³/mol. The lowest BCUT2D eigenvalue weighted by atomic mass is 9.95. The summed E-state index contributed by atoms with van der Waals surface area (Å²) in [6.45, 7) is 2.25. The molecule has 11 heteroatoms. The summed E-state index contributed by atoms with van der Waals surface area (Å²) >= 11 is 1.32. The quantitative estimate of drug-likeness (QED) is 0.316. The largest absolute Gasteiger partial charge is 0.465 e. The fourth-order valence-corrected chi connectivity index (χ4v) is 6.80. The molecule has 3 atom stereocenters. The number of hydrogen-bond acceptors (Lipinski definition) is 8. The van der Waals surface area contributed by atoms with Crippen LogP contribution >= 0.6 is 11.8 Å². The van der Waals surface area contributed by atoms with Crippen LogP contribution in [0, 0.1) is 0 Å². The fraction of sp³-hybridized carbons (Fsp3) is 0.357. The van der Waals surface area contributed by atoms with Gasteiger partial charge in [-0.15, -0.1) is 11.8 Å². The van der Waals surface area contributed by atoms with Crippen LogP contribution in [0.3, 0.4) is 0 Å². The fourth-order valence-electron chi connectivity index (χ4n) is 5.44. The number of fused-ring (bicyclic) bond motifs is 9. The van der Waals surface area contributed by atoms with E-state index < -0.39 is 17.5 Å². The van der Waals surface area contributed by atoms with Crippen LogP contribution in [0.15, 0.2) is 53.7 Å². The lowest BCUT2D eigenvalue weighted by Gasteiger charge is -2.23. The van der Waals surface area contributed by atoms with Crippen LogP contribution < -0.4 is 4.74 Å². The minimum absolute atomic E-state index is 0.0877. The van der Waals surface area contributed by atoms with Gasteiger partial charge in [0.2, 0.25) is 0 Å². The minimum atomic E-state index is -2.99. The van der Waals surface area contributed by atoms with Gasteiger partial charge in [0.1, 0.15) is 22.4 Å². The standard InChI is InChI=1S/C28H26F2N4O4S/c1-4-37-25(35)23-16-11-19(22-20(38-27(29)30)6-5-7-21(22)39-23)34-18-10-14(8-9-17(18)33-24(16)34)15-12-31-26(32-13-15)28(2,3)36/h5-10,12-13,16,19,23,27,36H,4,11H2,1-3H3/t16-,19-,23?/m1/s1. The van der Waals surface area contributed by atoms with Crippen LogP contribution in [0.5, 0.6) is 5.75 Å². The number of imidazole rings is 1. The first-order valence-corrected chi connectivity index (χ1v) is 13.5. The molecular formula is C28H26F2N4O4S. The Kier molecular flexibility index (Phi) is 6.30. The molecule has 39 heavy (non-hydrogen) atoms. The normalized spacial score (nSPS) is 20.0. The van der Waals surface area contributed by atoms with E-state index >= 15 is 0 Å². The van der Waals surface area contributed by atoms with Gasteiger partial charge in [-0.1, -0.05) is 12.1 Å². The molecule has 202 valence electrons. The minimum Gasteiger partial charge on any atom is -0.465 e. The number of hydrogen-bond donors (Lipinski definition) is 1. The second-order valence-electron chi connectivity index (χ2n) is 10.1. The Labute approximate surface area is 227 Å². The van der Waals surface area contributed by atoms with Crippen molar-refractivity contribution in [1.29, 1.82) is 0 Å². The zero-order valence-electron chi connectivity index (χ0n) is 21.5. The average molecular weight is 553 g/mol. The van der Waals surface area contributed by atoms with Crippen LogP contribution in [0.25, 0.3) is 22.2 Å². The van der Waals surface area contributed by atoms with Gasteiger partial charge in [-0.05, 0) is 57.0 Å². The average Bonchev–Trinajstić information content (AvgIpc) is 3.37. The molecule has 2 aliphatic heterocycles. The number of carbonyl (C=O) groups is 1. The number of nitrogens with zero attached hydrogens (tertiary/aromatic N) is 4. The van der Waals surface area contributed by atoms with Crippen molar-refractivity contribution < 1.29 is 28.2 Å². The highest BCUT2D eigenvalue weighted by atomic mass is 32.2. The lowest BCUT2D eigenvalue weighted by Crippen LogP contribution is -2.26. The van der Waals surface area contributed by atoms with Crippen LogP contribution in [0.4, 0.5) is 8.78 Å². The molecule has 1 unspecified atom stereocenters. The van der Waals surface area contributed by atoms with Gasteiger partial charge in [-0.2, -0.15) is 8.78 Å². The van der Waals surface area contributed by atoms with Crippen molar-refractivity contribution in [3.05, 3.63) is 66.0 Å². The third-order valence-electron chi connectivity index (χ3n) is 7.08. The molecule has 4 aromatic rings. The number of rotatable bonds is 6. The second kappa shape index (κ2) is 9.56. The number of aromatic nitrogens is 4. The van der Waals surface area contributed by atoms with E-state index in [2.05, 4.69) is 9.97 Å².